The Labute approximate surface area is 62.8 Å². The Morgan fingerprint density at radius 1 is 1.30 bits per heavy atom. The van der Waals surface area contributed by atoms with Crippen molar-refractivity contribution in [2.24, 2.45) is 17.8 Å². The van der Waals surface area contributed by atoms with Gasteiger partial charge in [-0.25, -0.2) is 4.39 Å². The molecule has 0 nitrogen and oxygen atoms in total. The molecule has 1 aliphatic carbocycles. The highest BCUT2D eigenvalue weighted by atomic mass is 19.1. The third-order valence-electron chi connectivity index (χ3n) is 2.76. The first kappa shape index (κ1) is 8.03. The Morgan fingerprint density at radius 2 is 1.90 bits per heavy atom. The van der Waals surface area contributed by atoms with Gasteiger partial charge in [-0.2, -0.15) is 0 Å². The molecule has 0 aromatic carbocycles. The molecule has 0 N–H and O–H groups in total. The minimum atomic E-state index is -0.521. The molecule has 0 bridgehead atoms. The first-order chi connectivity index (χ1) is 4.61. The molecule has 0 radical (unpaired) electrons. The molecule has 1 saturated carbocycles. The van der Waals surface area contributed by atoms with E-state index in [4.69, 9.17) is 0 Å². The van der Waals surface area contributed by atoms with Crippen LogP contribution in [0.3, 0.4) is 0 Å². The molecular formula is C9H17F. The molecule has 0 aromatic heterocycles. The van der Waals surface area contributed by atoms with Crippen molar-refractivity contribution in [2.45, 2.75) is 39.8 Å². The topological polar surface area (TPSA) is 0 Å². The average Bonchev–Trinajstić information content (AvgIpc) is 2.13. The molecule has 60 valence electrons. The van der Waals surface area contributed by atoms with Gasteiger partial charge in [0.25, 0.3) is 0 Å². The van der Waals surface area contributed by atoms with Crippen molar-refractivity contribution in [1.29, 1.82) is 0 Å². The molecule has 2 unspecified atom stereocenters. The standard InChI is InChI=1S/C9H17F/c1-6(2)8-4-7(3)9(10)5-8/h6-9H,4-5H2,1-3H3/t7?,8?,9-/m0/s1. The monoisotopic (exact) mass is 144 g/mol. The van der Waals surface area contributed by atoms with Gasteiger partial charge in [-0.15, -0.1) is 0 Å². The van der Waals surface area contributed by atoms with Gasteiger partial charge in [0, 0.05) is 0 Å². The Kier molecular flexibility index (Phi) is 2.32. The van der Waals surface area contributed by atoms with Crippen LogP contribution in [0.2, 0.25) is 0 Å². The van der Waals surface area contributed by atoms with Crippen molar-refractivity contribution in [3.8, 4) is 0 Å². The maximum absolute atomic E-state index is 12.9. The Hall–Kier alpha value is -0.0700. The van der Waals surface area contributed by atoms with Crippen LogP contribution in [0.5, 0.6) is 0 Å². The van der Waals surface area contributed by atoms with Gasteiger partial charge in [-0.3, -0.25) is 0 Å². The molecule has 0 saturated heterocycles. The highest BCUT2D eigenvalue weighted by Gasteiger charge is 2.32. The summed E-state index contributed by atoms with van der Waals surface area (Å²) in [5, 5.41) is 0. The zero-order valence-electron chi connectivity index (χ0n) is 7.10. The normalized spacial score (nSPS) is 41.1. The predicted molar refractivity (Wildman–Crippen MR) is 41.6 cm³/mol. The van der Waals surface area contributed by atoms with Gasteiger partial charge in [0.2, 0.25) is 0 Å². The average molecular weight is 144 g/mol. The molecule has 0 spiro atoms. The maximum Gasteiger partial charge on any atom is 0.103 e. The lowest BCUT2D eigenvalue weighted by molar-refractivity contribution is 0.272. The second kappa shape index (κ2) is 2.89. The van der Waals surface area contributed by atoms with Crippen LogP contribution in [-0.4, -0.2) is 6.17 Å². The summed E-state index contributed by atoms with van der Waals surface area (Å²) in [6, 6.07) is 0. The number of rotatable bonds is 1. The molecule has 0 aromatic rings. The van der Waals surface area contributed by atoms with Crippen molar-refractivity contribution in [3.63, 3.8) is 0 Å². The Balaban J connectivity index is 2.41. The number of halogens is 1. The van der Waals surface area contributed by atoms with E-state index in [-0.39, 0.29) is 0 Å². The second-order valence-electron chi connectivity index (χ2n) is 3.97. The Morgan fingerprint density at radius 3 is 2.10 bits per heavy atom. The third-order valence-corrected chi connectivity index (χ3v) is 2.76. The fourth-order valence-corrected chi connectivity index (χ4v) is 1.79. The summed E-state index contributed by atoms with van der Waals surface area (Å²) in [4.78, 5) is 0. The smallest absolute Gasteiger partial charge is 0.103 e. The van der Waals surface area contributed by atoms with E-state index in [2.05, 4.69) is 13.8 Å². The van der Waals surface area contributed by atoms with Crippen LogP contribution in [0.25, 0.3) is 0 Å². The van der Waals surface area contributed by atoms with Crippen LogP contribution in [0.1, 0.15) is 33.6 Å². The van der Waals surface area contributed by atoms with Gasteiger partial charge in [0.05, 0.1) is 0 Å². The first-order valence-corrected chi connectivity index (χ1v) is 4.25. The fourth-order valence-electron chi connectivity index (χ4n) is 1.79. The lowest BCUT2D eigenvalue weighted by atomic mass is 9.94. The van der Waals surface area contributed by atoms with Crippen molar-refractivity contribution in [1.82, 2.24) is 0 Å². The molecule has 0 amide bonds. The molecular weight excluding hydrogens is 127 g/mol. The second-order valence-corrected chi connectivity index (χ2v) is 3.97. The van der Waals surface area contributed by atoms with Crippen LogP contribution in [0.15, 0.2) is 0 Å². The van der Waals surface area contributed by atoms with E-state index in [0.29, 0.717) is 17.8 Å². The maximum atomic E-state index is 12.9. The van der Waals surface area contributed by atoms with E-state index in [9.17, 15) is 4.39 Å². The SMILES string of the molecule is CC(C)C1CC(C)[C@@H](F)C1. The molecule has 0 aliphatic heterocycles. The molecule has 1 heteroatoms. The minimum Gasteiger partial charge on any atom is -0.247 e. The van der Waals surface area contributed by atoms with E-state index in [1.54, 1.807) is 0 Å². The van der Waals surface area contributed by atoms with Gasteiger partial charge in [-0.05, 0) is 30.6 Å². The van der Waals surface area contributed by atoms with Crippen LogP contribution in [-0.2, 0) is 0 Å². The van der Waals surface area contributed by atoms with E-state index < -0.39 is 6.17 Å². The summed E-state index contributed by atoms with van der Waals surface area (Å²) >= 11 is 0. The van der Waals surface area contributed by atoms with Crippen molar-refractivity contribution in [2.75, 3.05) is 0 Å². The van der Waals surface area contributed by atoms with Gasteiger partial charge in [0.15, 0.2) is 0 Å². The van der Waals surface area contributed by atoms with Gasteiger partial charge < -0.3 is 0 Å². The quantitative estimate of drug-likeness (QED) is 0.530. The van der Waals surface area contributed by atoms with Gasteiger partial charge >= 0.3 is 0 Å². The summed E-state index contributed by atoms with van der Waals surface area (Å²) in [6.45, 7) is 6.40. The van der Waals surface area contributed by atoms with E-state index >= 15 is 0 Å². The summed E-state index contributed by atoms with van der Waals surface area (Å²) in [5.41, 5.74) is 0. The lowest BCUT2D eigenvalue weighted by Gasteiger charge is -2.12. The highest BCUT2D eigenvalue weighted by Crippen LogP contribution is 2.37. The largest absolute Gasteiger partial charge is 0.247 e. The van der Waals surface area contributed by atoms with Crippen LogP contribution in [0, 0.1) is 17.8 Å². The predicted octanol–water partition coefficient (Wildman–Crippen LogP) is 3.03. The molecule has 3 atom stereocenters. The van der Waals surface area contributed by atoms with Crippen molar-refractivity contribution >= 4 is 0 Å². The highest BCUT2D eigenvalue weighted by molar-refractivity contribution is 4.82. The van der Waals surface area contributed by atoms with Gasteiger partial charge in [0.1, 0.15) is 6.17 Å². The lowest BCUT2D eigenvalue weighted by Crippen LogP contribution is -2.03. The van der Waals surface area contributed by atoms with Crippen LogP contribution in [0.4, 0.5) is 4.39 Å². The van der Waals surface area contributed by atoms with Crippen molar-refractivity contribution in [3.05, 3.63) is 0 Å². The number of hydrogen-bond donors (Lipinski definition) is 0. The summed E-state index contributed by atoms with van der Waals surface area (Å²) < 4.78 is 12.9. The zero-order chi connectivity index (χ0) is 7.72. The van der Waals surface area contributed by atoms with E-state index in [0.717, 1.165) is 12.8 Å². The molecule has 1 rings (SSSR count). The zero-order valence-corrected chi connectivity index (χ0v) is 7.10. The first-order valence-electron chi connectivity index (χ1n) is 4.25. The summed E-state index contributed by atoms with van der Waals surface area (Å²) in [6.07, 6.45) is 1.38. The molecule has 1 fully saturated rings. The van der Waals surface area contributed by atoms with Crippen LogP contribution >= 0.6 is 0 Å². The number of alkyl halides is 1. The molecule has 10 heavy (non-hydrogen) atoms. The Bertz CT molecular complexity index is 99.3. The minimum absolute atomic E-state index is 0.312. The van der Waals surface area contributed by atoms with Crippen LogP contribution < -0.4 is 0 Å². The van der Waals surface area contributed by atoms with Gasteiger partial charge in [-0.1, -0.05) is 20.8 Å². The van der Waals surface area contributed by atoms with E-state index in [1.807, 2.05) is 6.92 Å². The number of hydrogen-bond acceptors (Lipinski definition) is 0. The fraction of sp³-hybridized carbons (Fsp3) is 1.00. The summed E-state index contributed by atoms with van der Waals surface area (Å²) in [5.74, 6) is 1.63. The van der Waals surface area contributed by atoms with E-state index in [1.165, 1.54) is 0 Å². The summed E-state index contributed by atoms with van der Waals surface area (Å²) in [7, 11) is 0. The molecule has 0 heterocycles. The third kappa shape index (κ3) is 1.50. The molecule has 1 aliphatic rings. The van der Waals surface area contributed by atoms with Crippen molar-refractivity contribution < 1.29 is 4.39 Å².